The molecule has 0 fully saturated rings. The Balaban J connectivity index is 0.00000238. The van der Waals surface area contributed by atoms with E-state index in [4.69, 9.17) is 9.98 Å². The third-order valence-corrected chi connectivity index (χ3v) is 10.7. The summed E-state index contributed by atoms with van der Waals surface area (Å²) in [5, 5.41) is 3.59. The smallest absolute Gasteiger partial charge is 0.155 e. The minimum absolute atomic E-state index is 0.546. The van der Waals surface area contributed by atoms with Crippen LogP contribution in [0.25, 0.3) is 67.4 Å². The molecule has 0 atom stereocenters. The number of allylic oxidation sites excluding steroid dienone is 1. The maximum atomic E-state index is 5.10. The van der Waals surface area contributed by atoms with Gasteiger partial charge >= 0.3 is 0 Å². The summed E-state index contributed by atoms with van der Waals surface area (Å²) in [7, 11) is 0. The first-order valence-electron chi connectivity index (χ1n) is 19.9. The first-order valence-corrected chi connectivity index (χ1v) is 19.9. The molecule has 59 heavy (non-hydrogen) atoms. The zero-order chi connectivity index (χ0) is 40.7. The maximum Gasteiger partial charge on any atom is 0.155 e. The van der Waals surface area contributed by atoms with Crippen molar-refractivity contribution in [3.05, 3.63) is 230 Å². The lowest BCUT2D eigenvalue weighted by atomic mass is 9.97. The highest BCUT2D eigenvalue weighted by molar-refractivity contribution is 6.18. The number of amidine groups is 1. The van der Waals surface area contributed by atoms with E-state index >= 15 is 0 Å². The summed E-state index contributed by atoms with van der Waals surface area (Å²) in [6.45, 7) is 14.9. The highest BCUT2D eigenvalue weighted by atomic mass is 15.0. The summed E-state index contributed by atoms with van der Waals surface area (Å²) in [6.07, 6.45) is 6.29. The zero-order valence-corrected chi connectivity index (χ0v) is 33.6. The fourth-order valence-corrected chi connectivity index (χ4v) is 8.10. The molecule has 4 heteroatoms. The Hall–Kier alpha value is -7.56. The lowest BCUT2D eigenvalue weighted by molar-refractivity contribution is 1.06. The molecule has 0 unspecified atom stereocenters. The van der Waals surface area contributed by atoms with Gasteiger partial charge in [-0.15, -0.1) is 13.2 Å². The lowest BCUT2D eigenvalue weighted by Gasteiger charge is -2.14. The average Bonchev–Trinajstić information content (AvgIpc) is 3.82. The van der Waals surface area contributed by atoms with Gasteiger partial charge in [0.15, 0.2) is 5.84 Å². The molecule has 0 spiro atoms. The van der Waals surface area contributed by atoms with Gasteiger partial charge in [-0.1, -0.05) is 146 Å². The maximum absolute atomic E-state index is 5.10. The second kappa shape index (κ2) is 17.3. The van der Waals surface area contributed by atoms with E-state index in [1.807, 2.05) is 37.3 Å². The summed E-state index contributed by atoms with van der Waals surface area (Å²) in [6, 6.07) is 62.1. The van der Waals surface area contributed by atoms with E-state index in [1.165, 1.54) is 27.3 Å². The van der Waals surface area contributed by atoms with Crippen molar-refractivity contribution in [1.29, 1.82) is 0 Å². The number of hydrogen-bond donors (Lipinski definition) is 0. The van der Waals surface area contributed by atoms with E-state index in [2.05, 4.69) is 200 Å². The SMILES string of the molecule is C=C.C=Cc1c(/C=C\C)n(-c2ccccc2)c2c(-c3cccc4c3c3ccccc3n4-c3ccc(C(N=C(C)c4ccccc4)=NCc4ccccc4)cc3)cccc12. The predicted molar refractivity (Wildman–Crippen MR) is 254 cm³/mol. The molecule has 0 saturated heterocycles. The Morgan fingerprint density at radius 1 is 0.576 bits per heavy atom. The van der Waals surface area contributed by atoms with Crippen LogP contribution in [0, 0.1) is 0 Å². The van der Waals surface area contributed by atoms with Crippen molar-refractivity contribution in [2.45, 2.75) is 20.4 Å². The van der Waals surface area contributed by atoms with Crippen molar-refractivity contribution in [2.24, 2.45) is 9.98 Å². The van der Waals surface area contributed by atoms with Crippen molar-refractivity contribution in [2.75, 3.05) is 0 Å². The van der Waals surface area contributed by atoms with Crippen molar-refractivity contribution >= 4 is 56.4 Å². The van der Waals surface area contributed by atoms with Crippen LogP contribution in [0.15, 0.2) is 212 Å². The van der Waals surface area contributed by atoms with E-state index < -0.39 is 0 Å². The molecule has 9 rings (SSSR count). The molecule has 0 aliphatic carbocycles. The number of hydrogen-bond acceptors (Lipinski definition) is 1. The van der Waals surface area contributed by atoms with Crippen LogP contribution in [0.1, 0.15) is 41.8 Å². The zero-order valence-electron chi connectivity index (χ0n) is 33.6. The molecule has 4 nitrogen and oxygen atoms in total. The van der Waals surface area contributed by atoms with Crippen LogP contribution in [-0.4, -0.2) is 20.7 Å². The van der Waals surface area contributed by atoms with Gasteiger partial charge in [0.25, 0.3) is 0 Å². The molecule has 0 bridgehead atoms. The molecule has 0 N–H and O–H groups in total. The van der Waals surface area contributed by atoms with Gasteiger partial charge in [-0.3, -0.25) is 4.99 Å². The van der Waals surface area contributed by atoms with Gasteiger partial charge < -0.3 is 9.13 Å². The van der Waals surface area contributed by atoms with Gasteiger partial charge in [0.05, 0.1) is 28.8 Å². The van der Waals surface area contributed by atoms with Crippen molar-refractivity contribution in [1.82, 2.24) is 9.13 Å². The topological polar surface area (TPSA) is 34.6 Å². The number of para-hydroxylation sites is 3. The Bertz CT molecular complexity index is 3000. The molecule has 0 aliphatic heterocycles. The Morgan fingerprint density at radius 2 is 1.17 bits per heavy atom. The van der Waals surface area contributed by atoms with Crippen LogP contribution in [0.4, 0.5) is 0 Å². The van der Waals surface area contributed by atoms with Crippen LogP contribution >= 0.6 is 0 Å². The quantitative estimate of drug-likeness (QED) is 0.0797. The summed E-state index contributed by atoms with van der Waals surface area (Å²) in [5.41, 5.74) is 14.3. The fraction of sp³-hybridized carbons (Fsp3) is 0.0545. The molecule has 286 valence electrons. The van der Waals surface area contributed by atoms with Crippen LogP contribution in [0.2, 0.25) is 0 Å². The van der Waals surface area contributed by atoms with Crippen LogP contribution in [0.5, 0.6) is 0 Å². The summed E-state index contributed by atoms with van der Waals surface area (Å²) < 4.78 is 4.77. The van der Waals surface area contributed by atoms with Gasteiger partial charge in [0, 0.05) is 49.9 Å². The first kappa shape index (κ1) is 38.3. The predicted octanol–water partition coefficient (Wildman–Crippen LogP) is 14.3. The largest absolute Gasteiger partial charge is 0.309 e. The van der Waals surface area contributed by atoms with Gasteiger partial charge in [0.1, 0.15) is 0 Å². The molecule has 0 radical (unpaired) electrons. The van der Waals surface area contributed by atoms with Gasteiger partial charge in [0.2, 0.25) is 0 Å². The third-order valence-electron chi connectivity index (χ3n) is 10.7. The number of fused-ring (bicyclic) bond motifs is 4. The van der Waals surface area contributed by atoms with Gasteiger partial charge in [-0.25, -0.2) is 4.99 Å². The van der Waals surface area contributed by atoms with Gasteiger partial charge in [-0.05, 0) is 85.1 Å². The highest BCUT2D eigenvalue weighted by Crippen LogP contribution is 2.43. The molecule has 9 aromatic rings. The average molecular weight is 763 g/mol. The molecular weight excluding hydrogens is 717 g/mol. The van der Waals surface area contributed by atoms with Crippen molar-refractivity contribution in [3.63, 3.8) is 0 Å². The normalized spacial score (nSPS) is 12.0. The summed E-state index contributed by atoms with van der Waals surface area (Å²) in [4.78, 5) is 10.2. The van der Waals surface area contributed by atoms with E-state index in [-0.39, 0.29) is 0 Å². The first-order chi connectivity index (χ1) is 29.1. The van der Waals surface area contributed by atoms with E-state index in [9.17, 15) is 0 Å². The van der Waals surface area contributed by atoms with E-state index in [0.29, 0.717) is 12.4 Å². The summed E-state index contributed by atoms with van der Waals surface area (Å²) in [5.74, 6) is 0.710. The number of aromatic nitrogens is 2. The van der Waals surface area contributed by atoms with Gasteiger partial charge in [-0.2, -0.15) is 0 Å². The molecule has 0 saturated carbocycles. The molecule has 7 aromatic carbocycles. The molecule has 0 amide bonds. The monoisotopic (exact) mass is 762 g/mol. The van der Waals surface area contributed by atoms with E-state index in [0.717, 1.165) is 61.6 Å². The van der Waals surface area contributed by atoms with Crippen molar-refractivity contribution in [3.8, 4) is 22.5 Å². The van der Waals surface area contributed by atoms with Crippen LogP contribution < -0.4 is 0 Å². The molecule has 2 heterocycles. The van der Waals surface area contributed by atoms with Crippen LogP contribution in [-0.2, 0) is 6.54 Å². The van der Waals surface area contributed by atoms with E-state index in [1.54, 1.807) is 0 Å². The second-order valence-corrected chi connectivity index (χ2v) is 14.2. The number of benzene rings is 7. The number of rotatable bonds is 9. The fourth-order valence-electron chi connectivity index (χ4n) is 8.10. The summed E-state index contributed by atoms with van der Waals surface area (Å²) >= 11 is 0. The third kappa shape index (κ3) is 7.29. The highest BCUT2D eigenvalue weighted by Gasteiger charge is 2.22. The molecular formula is C55H46N4. The van der Waals surface area contributed by atoms with Crippen LogP contribution in [0.3, 0.4) is 0 Å². The minimum atomic E-state index is 0.546. The Kier molecular flexibility index (Phi) is 11.2. The number of nitrogens with zero attached hydrogens (tertiary/aromatic N) is 4. The molecule has 0 aliphatic rings. The van der Waals surface area contributed by atoms with Crippen molar-refractivity contribution < 1.29 is 0 Å². The second-order valence-electron chi connectivity index (χ2n) is 14.2. The minimum Gasteiger partial charge on any atom is -0.309 e. The lowest BCUT2D eigenvalue weighted by Crippen LogP contribution is -2.05. The standard InChI is InChI=1S/C53H42N4.C2H4/c1-4-19-48-43(5-2)45-28-17-29-46(52(45)57(48)41-24-13-8-14-25-41)44-27-18-31-50-51(44)47-26-15-16-30-49(47)56(50)42-34-32-40(33-35-42)53(54-36-38-20-9-6-10-21-38)55-37(3)39-22-11-7-12-23-39;1-2/h4-35H,2,36H2,1,3H3;1-2H2/b19-4-,54-53?,55-37?;. The molecule has 2 aromatic heterocycles. The Morgan fingerprint density at radius 3 is 1.88 bits per heavy atom. The number of aliphatic imine (C=N–C) groups is 2. The Labute approximate surface area is 346 Å².